The summed E-state index contributed by atoms with van der Waals surface area (Å²) in [6, 6.07) is 0. The maximum absolute atomic E-state index is 3.49. The fourth-order valence-electron chi connectivity index (χ4n) is 2.77. The van der Waals surface area contributed by atoms with Gasteiger partial charge in [-0.25, -0.2) is 0 Å². The Kier molecular flexibility index (Phi) is 4.42. The van der Waals surface area contributed by atoms with Crippen molar-refractivity contribution in [2.75, 3.05) is 66.0 Å². The van der Waals surface area contributed by atoms with Crippen molar-refractivity contribution in [2.45, 2.75) is 19.4 Å². The van der Waals surface area contributed by atoms with Crippen LogP contribution in [-0.4, -0.2) is 86.2 Å². The molecule has 2 aliphatic heterocycles. The van der Waals surface area contributed by atoms with E-state index in [2.05, 4.69) is 40.9 Å². The van der Waals surface area contributed by atoms with Gasteiger partial charge in [-0.3, -0.25) is 9.80 Å². The van der Waals surface area contributed by atoms with Crippen LogP contribution in [0.25, 0.3) is 0 Å². The molecule has 0 bridgehead atoms. The molecular formula is C13H28N4. The summed E-state index contributed by atoms with van der Waals surface area (Å²) in [4.78, 5) is 7.67. The second-order valence-electron chi connectivity index (χ2n) is 6.12. The monoisotopic (exact) mass is 240 g/mol. The third kappa shape index (κ3) is 3.65. The zero-order valence-electron chi connectivity index (χ0n) is 11.7. The molecule has 1 N–H and O–H groups in total. The zero-order valence-corrected chi connectivity index (χ0v) is 11.7. The van der Waals surface area contributed by atoms with E-state index in [0.29, 0.717) is 5.54 Å². The first-order chi connectivity index (χ1) is 8.08. The fraction of sp³-hybridized carbons (Fsp3) is 1.00. The number of rotatable bonds is 3. The van der Waals surface area contributed by atoms with Gasteiger partial charge < -0.3 is 10.2 Å². The Morgan fingerprint density at radius 3 is 2.35 bits per heavy atom. The third-order valence-electron chi connectivity index (χ3n) is 4.25. The van der Waals surface area contributed by atoms with E-state index >= 15 is 0 Å². The number of nitrogens with one attached hydrogen (secondary N) is 1. The Labute approximate surface area is 106 Å². The fourth-order valence-corrected chi connectivity index (χ4v) is 2.77. The first-order valence-electron chi connectivity index (χ1n) is 6.95. The van der Waals surface area contributed by atoms with Crippen molar-refractivity contribution >= 4 is 0 Å². The molecule has 2 saturated heterocycles. The molecule has 0 spiro atoms. The molecule has 0 aliphatic carbocycles. The standard InChI is InChI=1S/C13H28N4/c1-13(2)12-14-4-5-17(13)11-10-16-8-6-15(3)7-9-16/h14H,4-12H2,1-3H3. The highest BCUT2D eigenvalue weighted by molar-refractivity contribution is 4.88. The van der Waals surface area contributed by atoms with E-state index in [4.69, 9.17) is 0 Å². The van der Waals surface area contributed by atoms with Crippen molar-refractivity contribution in [2.24, 2.45) is 0 Å². The van der Waals surface area contributed by atoms with Crippen molar-refractivity contribution in [1.82, 2.24) is 20.0 Å². The van der Waals surface area contributed by atoms with Crippen LogP contribution in [0.3, 0.4) is 0 Å². The van der Waals surface area contributed by atoms with Crippen LogP contribution in [0.2, 0.25) is 0 Å². The Bertz CT molecular complexity index is 234. The minimum absolute atomic E-state index is 0.324. The first-order valence-corrected chi connectivity index (χ1v) is 6.95. The van der Waals surface area contributed by atoms with Crippen LogP contribution in [0.15, 0.2) is 0 Å². The number of nitrogens with zero attached hydrogens (tertiary/aromatic N) is 3. The molecule has 17 heavy (non-hydrogen) atoms. The Morgan fingerprint density at radius 2 is 1.71 bits per heavy atom. The van der Waals surface area contributed by atoms with Gasteiger partial charge in [0, 0.05) is 64.4 Å². The lowest BCUT2D eigenvalue weighted by Crippen LogP contribution is -2.59. The summed E-state index contributed by atoms with van der Waals surface area (Å²) in [7, 11) is 2.22. The van der Waals surface area contributed by atoms with Gasteiger partial charge in [0.25, 0.3) is 0 Å². The average Bonchev–Trinajstić information content (AvgIpc) is 2.29. The SMILES string of the molecule is CN1CCN(CCN2CCNCC2(C)C)CC1. The van der Waals surface area contributed by atoms with Gasteiger partial charge in [-0.1, -0.05) is 0 Å². The van der Waals surface area contributed by atoms with Crippen molar-refractivity contribution in [3.05, 3.63) is 0 Å². The molecule has 2 heterocycles. The van der Waals surface area contributed by atoms with Crippen LogP contribution < -0.4 is 5.32 Å². The molecule has 0 unspecified atom stereocenters. The van der Waals surface area contributed by atoms with Crippen LogP contribution in [0.5, 0.6) is 0 Å². The average molecular weight is 240 g/mol. The summed E-state index contributed by atoms with van der Waals surface area (Å²) >= 11 is 0. The predicted octanol–water partition coefficient (Wildman–Crippen LogP) is -0.0824. The van der Waals surface area contributed by atoms with Gasteiger partial charge in [0.05, 0.1) is 0 Å². The van der Waals surface area contributed by atoms with Crippen LogP contribution in [-0.2, 0) is 0 Å². The summed E-state index contributed by atoms with van der Waals surface area (Å²) < 4.78 is 0. The first kappa shape index (κ1) is 13.3. The van der Waals surface area contributed by atoms with Crippen LogP contribution in [0.4, 0.5) is 0 Å². The van der Waals surface area contributed by atoms with E-state index in [0.717, 1.165) is 13.1 Å². The van der Waals surface area contributed by atoms with Gasteiger partial charge in [-0.15, -0.1) is 0 Å². The van der Waals surface area contributed by atoms with Crippen LogP contribution in [0, 0.1) is 0 Å². The molecule has 4 nitrogen and oxygen atoms in total. The lowest BCUT2D eigenvalue weighted by Gasteiger charge is -2.44. The van der Waals surface area contributed by atoms with E-state index in [1.165, 1.54) is 45.8 Å². The highest BCUT2D eigenvalue weighted by Crippen LogP contribution is 2.15. The molecule has 0 radical (unpaired) electrons. The second-order valence-corrected chi connectivity index (χ2v) is 6.12. The third-order valence-corrected chi connectivity index (χ3v) is 4.25. The van der Waals surface area contributed by atoms with E-state index in [1.54, 1.807) is 0 Å². The Hall–Kier alpha value is -0.160. The second kappa shape index (κ2) is 5.65. The highest BCUT2D eigenvalue weighted by Gasteiger charge is 2.29. The molecule has 0 atom stereocenters. The molecule has 2 rings (SSSR count). The lowest BCUT2D eigenvalue weighted by atomic mass is 10.0. The Morgan fingerprint density at radius 1 is 1.00 bits per heavy atom. The molecule has 2 fully saturated rings. The normalized spacial score (nSPS) is 28.4. The molecule has 0 aromatic rings. The molecule has 100 valence electrons. The summed E-state index contributed by atoms with van der Waals surface area (Å²) in [5.41, 5.74) is 0.324. The maximum Gasteiger partial charge on any atom is 0.0278 e. The van der Waals surface area contributed by atoms with E-state index in [9.17, 15) is 0 Å². The molecule has 0 aromatic carbocycles. The summed E-state index contributed by atoms with van der Waals surface area (Å²) in [6.45, 7) is 15.5. The minimum atomic E-state index is 0.324. The number of likely N-dealkylation sites (N-methyl/N-ethyl adjacent to an activating group) is 1. The van der Waals surface area contributed by atoms with Gasteiger partial charge >= 0.3 is 0 Å². The van der Waals surface area contributed by atoms with Crippen molar-refractivity contribution in [1.29, 1.82) is 0 Å². The molecule has 2 aliphatic rings. The van der Waals surface area contributed by atoms with Gasteiger partial charge in [-0.05, 0) is 20.9 Å². The highest BCUT2D eigenvalue weighted by atomic mass is 15.3. The molecular weight excluding hydrogens is 212 g/mol. The molecule has 0 saturated carbocycles. The largest absolute Gasteiger partial charge is 0.314 e. The van der Waals surface area contributed by atoms with E-state index < -0.39 is 0 Å². The Balaban J connectivity index is 1.73. The van der Waals surface area contributed by atoms with Crippen molar-refractivity contribution in [3.8, 4) is 0 Å². The molecule has 0 aromatic heterocycles. The smallest absolute Gasteiger partial charge is 0.0278 e. The maximum atomic E-state index is 3.49. The van der Waals surface area contributed by atoms with Gasteiger partial charge in [-0.2, -0.15) is 0 Å². The number of piperazine rings is 2. The van der Waals surface area contributed by atoms with E-state index in [1.807, 2.05) is 0 Å². The van der Waals surface area contributed by atoms with E-state index in [-0.39, 0.29) is 0 Å². The number of hydrogen-bond acceptors (Lipinski definition) is 4. The van der Waals surface area contributed by atoms with Crippen molar-refractivity contribution in [3.63, 3.8) is 0 Å². The number of hydrogen-bond donors (Lipinski definition) is 1. The summed E-state index contributed by atoms with van der Waals surface area (Å²) in [6.07, 6.45) is 0. The van der Waals surface area contributed by atoms with Crippen LogP contribution >= 0.6 is 0 Å². The topological polar surface area (TPSA) is 21.8 Å². The zero-order chi connectivity index (χ0) is 12.3. The molecule has 0 amide bonds. The van der Waals surface area contributed by atoms with Crippen LogP contribution in [0.1, 0.15) is 13.8 Å². The van der Waals surface area contributed by atoms with Gasteiger partial charge in [0.15, 0.2) is 0 Å². The summed E-state index contributed by atoms with van der Waals surface area (Å²) in [5.74, 6) is 0. The molecule has 4 heteroatoms. The predicted molar refractivity (Wildman–Crippen MR) is 72.5 cm³/mol. The van der Waals surface area contributed by atoms with Crippen molar-refractivity contribution < 1.29 is 0 Å². The quantitative estimate of drug-likeness (QED) is 0.745. The minimum Gasteiger partial charge on any atom is -0.314 e. The van der Waals surface area contributed by atoms with Gasteiger partial charge in [0.2, 0.25) is 0 Å². The summed E-state index contributed by atoms with van der Waals surface area (Å²) in [5, 5.41) is 3.49. The lowest BCUT2D eigenvalue weighted by molar-refractivity contribution is 0.0666. The van der Waals surface area contributed by atoms with Gasteiger partial charge in [0.1, 0.15) is 0 Å².